The third kappa shape index (κ3) is 3.12. The minimum Gasteiger partial charge on any atom is -0.459 e. The normalized spacial score (nSPS) is 12.1. The van der Waals surface area contributed by atoms with E-state index in [2.05, 4.69) is 16.5 Å². The van der Waals surface area contributed by atoms with Gasteiger partial charge in [0.15, 0.2) is 0 Å². The molecule has 2 aromatic rings. The van der Waals surface area contributed by atoms with Crippen LogP contribution in [0.4, 0.5) is 0 Å². The summed E-state index contributed by atoms with van der Waals surface area (Å²) in [4.78, 5) is 29.6. The van der Waals surface area contributed by atoms with Crippen molar-refractivity contribution in [2.75, 3.05) is 0 Å². The lowest BCUT2D eigenvalue weighted by Crippen LogP contribution is -2.18. The lowest BCUT2D eigenvalue weighted by atomic mass is 10.2. The summed E-state index contributed by atoms with van der Waals surface area (Å²) in [6.45, 7) is 6.94. The first kappa shape index (κ1) is 14.0. The maximum atomic E-state index is 11.4. The van der Waals surface area contributed by atoms with Crippen molar-refractivity contribution in [3.63, 3.8) is 0 Å². The number of nitrogens with one attached hydrogen (secondary N) is 1. The standard InChI is InChI=1S/C15H16N2O3/c1-9(2)15(19)20-10(3)6-14-16-12-5-4-11(8-18)7-13(12)17-14/h4-5,7-8,10H,1,6H2,2-3H3,(H,16,17). The molecule has 0 saturated carbocycles. The fourth-order valence-electron chi connectivity index (χ4n) is 1.85. The van der Waals surface area contributed by atoms with Gasteiger partial charge in [0.2, 0.25) is 0 Å². The van der Waals surface area contributed by atoms with Crippen LogP contribution in [-0.4, -0.2) is 28.3 Å². The molecule has 1 aromatic heterocycles. The largest absolute Gasteiger partial charge is 0.459 e. The molecule has 0 aliphatic heterocycles. The topological polar surface area (TPSA) is 72.0 Å². The summed E-state index contributed by atoms with van der Waals surface area (Å²) in [6, 6.07) is 5.23. The molecule has 0 fully saturated rings. The van der Waals surface area contributed by atoms with Crippen molar-refractivity contribution in [2.45, 2.75) is 26.4 Å². The quantitative estimate of drug-likeness (QED) is 0.515. The van der Waals surface area contributed by atoms with Gasteiger partial charge in [0.25, 0.3) is 0 Å². The second-order valence-electron chi connectivity index (χ2n) is 4.78. The molecular weight excluding hydrogens is 256 g/mol. The number of fused-ring (bicyclic) bond motifs is 1. The Morgan fingerprint density at radius 3 is 2.95 bits per heavy atom. The molecule has 104 valence electrons. The molecule has 0 amide bonds. The van der Waals surface area contributed by atoms with E-state index >= 15 is 0 Å². The number of carbonyl (C=O) groups is 2. The highest BCUT2D eigenvalue weighted by molar-refractivity contribution is 5.87. The van der Waals surface area contributed by atoms with Crippen LogP contribution in [0.15, 0.2) is 30.4 Å². The molecule has 0 aliphatic carbocycles. The van der Waals surface area contributed by atoms with Crippen LogP contribution >= 0.6 is 0 Å². The highest BCUT2D eigenvalue weighted by atomic mass is 16.5. The number of esters is 1. The number of imidazole rings is 1. The van der Waals surface area contributed by atoms with E-state index in [0.717, 1.165) is 17.3 Å². The molecule has 1 heterocycles. The van der Waals surface area contributed by atoms with Gasteiger partial charge in [0.1, 0.15) is 18.2 Å². The monoisotopic (exact) mass is 272 g/mol. The fraction of sp³-hybridized carbons (Fsp3) is 0.267. The van der Waals surface area contributed by atoms with Crippen molar-refractivity contribution in [3.05, 3.63) is 41.7 Å². The van der Waals surface area contributed by atoms with E-state index in [9.17, 15) is 9.59 Å². The zero-order chi connectivity index (χ0) is 14.7. The van der Waals surface area contributed by atoms with E-state index in [1.807, 2.05) is 0 Å². The molecule has 0 radical (unpaired) electrons. The summed E-state index contributed by atoms with van der Waals surface area (Å²) in [5, 5.41) is 0. The van der Waals surface area contributed by atoms with E-state index in [0.29, 0.717) is 23.4 Å². The number of aromatic amines is 1. The Hall–Kier alpha value is -2.43. The Bertz CT molecular complexity index is 673. The summed E-state index contributed by atoms with van der Waals surface area (Å²) in [5.41, 5.74) is 2.54. The number of hydrogen-bond donors (Lipinski definition) is 1. The SMILES string of the molecule is C=C(C)C(=O)OC(C)Cc1nc2ccc(C=O)cc2[nH]1. The average molecular weight is 272 g/mol. The maximum Gasteiger partial charge on any atom is 0.333 e. The molecule has 0 aliphatic rings. The van der Waals surface area contributed by atoms with E-state index in [1.165, 1.54) is 0 Å². The second-order valence-corrected chi connectivity index (χ2v) is 4.78. The van der Waals surface area contributed by atoms with Gasteiger partial charge in [-0.3, -0.25) is 4.79 Å². The van der Waals surface area contributed by atoms with E-state index in [4.69, 9.17) is 4.74 Å². The molecule has 2 rings (SSSR count). The predicted molar refractivity (Wildman–Crippen MR) is 75.6 cm³/mol. The van der Waals surface area contributed by atoms with Gasteiger partial charge in [0, 0.05) is 17.6 Å². The van der Waals surface area contributed by atoms with Crippen molar-refractivity contribution in [1.29, 1.82) is 0 Å². The second kappa shape index (κ2) is 5.69. The Morgan fingerprint density at radius 2 is 2.30 bits per heavy atom. The van der Waals surface area contributed by atoms with Crippen LogP contribution < -0.4 is 0 Å². The lowest BCUT2D eigenvalue weighted by molar-refractivity contribution is -0.143. The van der Waals surface area contributed by atoms with Crippen LogP contribution in [0.2, 0.25) is 0 Å². The van der Waals surface area contributed by atoms with Crippen LogP contribution in [0.3, 0.4) is 0 Å². The Labute approximate surface area is 116 Å². The summed E-state index contributed by atoms with van der Waals surface area (Å²) < 4.78 is 5.20. The third-order valence-corrected chi connectivity index (χ3v) is 2.83. The van der Waals surface area contributed by atoms with Gasteiger partial charge in [-0.15, -0.1) is 0 Å². The molecule has 5 heteroatoms. The number of hydrogen-bond acceptors (Lipinski definition) is 4. The molecule has 0 spiro atoms. The van der Waals surface area contributed by atoms with Gasteiger partial charge in [-0.1, -0.05) is 6.58 Å². The van der Waals surface area contributed by atoms with Crippen LogP contribution in [0.1, 0.15) is 30.0 Å². The first-order valence-corrected chi connectivity index (χ1v) is 6.30. The molecule has 1 N–H and O–H groups in total. The van der Waals surface area contributed by atoms with Crippen molar-refractivity contribution >= 4 is 23.3 Å². The van der Waals surface area contributed by atoms with Gasteiger partial charge in [-0.05, 0) is 32.0 Å². The van der Waals surface area contributed by atoms with Crippen molar-refractivity contribution in [1.82, 2.24) is 9.97 Å². The first-order valence-electron chi connectivity index (χ1n) is 6.30. The smallest absolute Gasteiger partial charge is 0.333 e. The van der Waals surface area contributed by atoms with E-state index in [-0.39, 0.29) is 6.10 Å². The summed E-state index contributed by atoms with van der Waals surface area (Å²) in [5.74, 6) is 0.307. The molecular formula is C15H16N2O3. The molecule has 0 bridgehead atoms. The summed E-state index contributed by atoms with van der Waals surface area (Å²) >= 11 is 0. The number of benzene rings is 1. The zero-order valence-corrected chi connectivity index (χ0v) is 11.5. The fourth-order valence-corrected chi connectivity index (χ4v) is 1.85. The number of ether oxygens (including phenoxy) is 1. The highest BCUT2D eigenvalue weighted by Crippen LogP contribution is 2.14. The molecule has 0 saturated heterocycles. The number of aromatic nitrogens is 2. The first-order chi connectivity index (χ1) is 9.49. The Balaban J connectivity index is 2.11. The molecule has 1 unspecified atom stereocenters. The van der Waals surface area contributed by atoms with Crippen molar-refractivity contribution in [2.24, 2.45) is 0 Å². The maximum absolute atomic E-state index is 11.4. The number of carbonyl (C=O) groups excluding carboxylic acids is 2. The van der Waals surface area contributed by atoms with Crippen LogP contribution in [-0.2, 0) is 16.0 Å². The molecule has 20 heavy (non-hydrogen) atoms. The van der Waals surface area contributed by atoms with Crippen LogP contribution in [0, 0.1) is 0 Å². The molecule has 1 atom stereocenters. The van der Waals surface area contributed by atoms with Gasteiger partial charge >= 0.3 is 5.97 Å². The van der Waals surface area contributed by atoms with Crippen LogP contribution in [0.5, 0.6) is 0 Å². The van der Waals surface area contributed by atoms with Crippen LogP contribution in [0.25, 0.3) is 11.0 Å². The summed E-state index contributed by atoms with van der Waals surface area (Å²) in [6.07, 6.45) is 0.965. The van der Waals surface area contributed by atoms with Gasteiger partial charge in [-0.25, -0.2) is 9.78 Å². The van der Waals surface area contributed by atoms with Gasteiger partial charge < -0.3 is 9.72 Å². The minimum absolute atomic E-state index is 0.301. The molecule has 5 nitrogen and oxygen atoms in total. The average Bonchev–Trinajstić information content (AvgIpc) is 2.78. The van der Waals surface area contributed by atoms with E-state index in [1.54, 1.807) is 32.0 Å². The predicted octanol–water partition coefficient (Wildman–Crippen LogP) is 2.43. The number of H-pyrrole nitrogens is 1. The lowest BCUT2D eigenvalue weighted by Gasteiger charge is -2.11. The third-order valence-electron chi connectivity index (χ3n) is 2.83. The summed E-state index contributed by atoms with van der Waals surface area (Å²) in [7, 11) is 0. The number of rotatable bonds is 5. The minimum atomic E-state index is -0.406. The van der Waals surface area contributed by atoms with E-state index < -0.39 is 5.97 Å². The Kier molecular flexibility index (Phi) is 3.98. The van der Waals surface area contributed by atoms with Crippen molar-refractivity contribution < 1.29 is 14.3 Å². The Morgan fingerprint density at radius 1 is 1.55 bits per heavy atom. The zero-order valence-electron chi connectivity index (χ0n) is 11.5. The van der Waals surface area contributed by atoms with Crippen molar-refractivity contribution in [3.8, 4) is 0 Å². The van der Waals surface area contributed by atoms with Gasteiger partial charge in [0.05, 0.1) is 11.0 Å². The van der Waals surface area contributed by atoms with Gasteiger partial charge in [-0.2, -0.15) is 0 Å². The highest BCUT2D eigenvalue weighted by Gasteiger charge is 2.13. The molecule has 1 aromatic carbocycles. The number of aldehydes is 1. The number of nitrogens with zero attached hydrogens (tertiary/aromatic N) is 1.